The van der Waals surface area contributed by atoms with Gasteiger partial charge in [0.05, 0.1) is 34.9 Å². The molecule has 0 radical (unpaired) electrons. The van der Waals surface area contributed by atoms with E-state index in [0.717, 1.165) is 36.9 Å². The lowest BCUT2D eigenvalue weighted by Gasteiger charge is -2.44. The van der Waals surface area contributed by atoms with Crippen LogP contribution in [0.4, 0.5) is 11.8 Å². The fraction of sp³-hybridized carbons (Fsp3) is 0.583. The van der Waals surface area contributed by atoms with Crippen molar-refractivity contribution in [3.63, 3.8) is 0 Å². The van der Waals surface area contributed by atoms with Gasteiger partial charge in [-0.1, -0.05) is 30.3 Å². The summed E-state index contributed by atoms with van der Waals surface area (Å²) in [5.41, 5.74) is 1.29. The third kappa shape index (κ3) is 4.83. The van der Waals surface area contributed by atoms with Crippen LogP contribution in [0.1, 0.15) is 36.9 Å². The van der Waals surface area contributed by atoms with Crippen LogP contribution in [-0.4, -0.2) is 82.8 Å². The van der Waals surface area contributed by atoms with Gasteiger partial charge in [0.1, 0.15) is 10.7 Å². The summed E-state index contributed by atoms with van der Waals surface area (Å²) >= 11 is 0. The van der Waals surface area contributed by atoms with E-state index in [2.05, 4.69) is 22.3 Å². The van der Waals surface area contributed by atoms with Crippen LogP contribution in [0.3, 0.4) is 0 Å². The number of hydrogen-bond acceptors (Lipinski definition) is 8. The zero-order valence-electron chi connectivity index (χ0n) is 20.2. The first-order valence-corrected chi connectivity index (χ1v) is 15.2. The van der Waals surface area contributed by atoms with Gasteiger partial charge in [-0.2, -0.15) is 4.98 Å². The van der Waals surface area contributed by atoms with Crippen LogP contribution in [0.5, 0.6) is 0 Å². The molecular formula is C24H33N5O4S2. The Morgan fingerprint density at radius 1 is 1.14 bits per heavy atom. The number of aliphatic hydroxyl groups is 1. The number of aliphatic hydroxyl groups excluding tert-OH is 1. The number of aromatic nitrogens is 2. The SMILES string of the molecule is CN(CC1(c2ccccc2)CCN(c2nc3c(c(NC4(CO)CC4)n2)[S@@](=O)CC3)CC1)S(C)(=O)=O. The molecule has 11 heteroatoms. The summed E-state index contributed by atoms with van der Waals surface area (Å²) in [5, 5.41) is 13.2. The van der Waals surface area contributed by atoms with E-state index in [1.165, 1.54) is 10.6 Å². The number of likely N-dealkylation sites (N-methyl/N-ethyl adjacent to an activating group) is 1. The van der Waals surface area contributed by atoms with Gasteiger partial charge in [0.15, 0.2) is 0 Å². The minimum Gasteiger partial charge on any atom is -0.394 e. The summed E-state index contributed by atoms with van der Waals surface area (Å²) < 4.78 is 38.6. The Kier molecular flexibility index (Phi) is 6.40. The number of sulfonamides is 1. The molecule has 2 aromatic rings. The van der Waals surface area contributed by atoms with Crippen molar-refractivity contribution in [2.75, 3.05) is 55.5 Å². The highest BCUT2D eigenvalue weighted by molar-refractivity contribution is 7.88. The Balaban J connectivity index is 1.42. The Bertz CT molecular complexity index is 1230. The molecule has 1 atom stereocenters. The molecule has 1 aromatic heterocycles. The fourth-order valence-electron chi connectivity index (χ4n) is 5.14. The van der Waals surface area contributed by atoms with Crippen molar-refractivity contribution < 1.29 is 17.7 Å². The van der Waals surface area contributed by atoms with Crippen LogP contribution in [-0.2, 0) is 32.7 Å². The van der Waals surface area contributed by atoms with Crippen LogP contribution >= 0.6 is 0 Å². The van der Waals surface area contributed by atoms with Crippen LogP contribution in [0.25, 0.3) is 0 Å². The standard InChI is InChI=1S/C24H33N5O4S2/c1-28(35(2,32)33)16-23(18-6-4-3-5-7-18)11-13-29(14-12-23)22-25-19-8-15-34(31)20(19)21(26-22)27-24(17-30)9-10-24/h3-7,30H,8-17H2,1-2H3,(H,25,26,27)/t34-/m0/s1. The van der Waals surface area contributed by atoms with Crippen LogP contribution in [0.15, 0.2) is 35.2 Å². The molecule has 0 amide bonds. The van der Waals surface area contributed by atoms with Crippen molar-refractivity contribution in [1.82, 2.24) is 14.3 Å². The largest absolute Gasteiger partial charge is 0.394 e. The van der Waals surface area contributed by atoms with E-state index < -0.39 is 20.8 Å². The van der Waals surface area contributed by atoms with Gasteiger partial charge in [0, 0.05) is 44.3 Å². The smallest absolute Gasteiger partial charge is 0.227 e. The molecule has 190 valence electrons. The van der Waals surface area contributed by atoms with Gasteiger partial charge < -0.3 is 15.3 Å². The fourth-order valence-corrected chi connectivity index (χ4v) is 6.93. The number of aryl methyl sites for hydroxylation is 1. The lowest BCUT2D eigenvalue weighted by molar-refractivity contribution is 0.265. The van der Waals surface area contributed by atoms with Crippen molar-refractivity contribution in [1.29, 1.82) is 0 Å². The molecule has 9 nitrogen and oxygen atoms in total. The van der Waals surface area contributed by atoms with Gasteiger partial charge in [-0.3, -0.25) is 4.21 Å². The molecule has 0 bridgehead atoms. The predicted octanol–water partition coefficient (Wildman–Crippen LogP) is 1.51. The molecule has 35 heavy (non-hydrogen) atoms. The first-order valence-electron chi connectivity index (χ1n) is 12.0. The number of hydrogen-bond donors (Lipinski definition) is 2. The number of anilines is 2. The number of fused-ring (bicyclic) bond motifs is 1. The van der Waals surface area contributed by atoms with Gasteiger partial charge in [-0.05, 0) is 31.2 Å². The number of benzene rings is 1. The monoisotopic (exact) mass is 519 g/mol. The average molecular weight is 520 g/mol. The second-order valence-corrected chi connectivity index (χ2v) is 13.8. The topological polar surface area (TPSA) is 116 Å². The third-order valence-electron chi connectivity index (χ3n) is 7.70. The van der Waals surface area contributed by atoms with Gasteiger partial charge in [-0.25, -0.2) is 17.7 Å². The zero-order valence-corrected chi connectivity index (χ0v) is 21.9. The Hall–Kier alpha value is -2.08. The molecule has 3 aliphatic rings. The van der Waals surface area contributed by atoms with Crippen molar-refractivity contribution in [2.24, 2.45) is 0 Å². The van der Waals surface area contributed by atoms with E-state index in [-0.39, 0.29) is 17.6 Å². The first kappa shape index (κ1) is 24.6. The summed E-state index contributed by atoms with van der Waals surface area (Å²) in [6.45, 7) is 1.79. The van der Waals surface area contributed by atoms with Gasteiger partial charge in [0.25, 0.3) is 0 Å². The second kappa shape index (κ2) is 9.10. The van der Waals surface area contributed by atoms with E-state index in [9.17, 15) is 17.7 Å². The maximum atomic E-state index is 12.7. The molecule has 2 aliphatic heterocycles. The Labute approximate surface area is 209 Å². The van der Waals surface area contributed by atoms with Crippen molar-refractivity contribution >= 4 is 32.6 Å². The summed E-state index contributed by atoms with van der Waals surface area (Å²) in [6, 6.07) is 10.1. The van der Waals surface area contributed by atoms with Crippen molar-refractivity contribution in [3.8, 4) is 0 Å². The average Bonchev–Trinajstić information content (AvgIpc) is 3.52. The van der Waals surface area contributed by atoms with E-state index in [4.69, 9.17) is 9.97 Å². The molecule has 1 saturated heterocycles. The highest BCUT2D eigenvalue weighted by Crippen LogP contribution is 2.42. The minimum absolute atomic E-state index is 0.0188. The molecule has 0 spiro atoms. The minimum atomic E-state index is -3.31. The normalized spacial score (nSPS) is 22.7. The maximum Gasteiger partial charge on any atom is 0.227 e. The van der Waals surface area contributed by atoms with Gasteiger partial charge in [0.2, 0.25) is 16.0 Å². The molecule has 2 N–H and O–H groups in total. The van der Waals surface area contributed by atoms with Crippen molar-refractivity contribution in [3.05, 3.63) is 41.6 Å². The summed E-state index contributed by atoms with van der Waals surface area (Å²) in [5.74, 6) is 1.74. The maximum absolute atomic E-state index is 12.7. The molecule has 1 saturated carbocycles. The number of rotatable bonds is 8. The lowest BCUT2D eigenvalue weighted by Crippen LogP contribution is -2.49. The van der Waals surface area contributed by atoms with E-state index in [0.29, 0.717) is 48.5 Å². The molecule has 0 unspecified atom stereocenters. The predicted molar refractivity (Wildman–Crippen MR) is 137 cm³/mol. The van der Waals surface area contributed by atoms with Crippen LogP contribution < -0.4 is 10.2 Å². The summed E-state index contributed by atoms with van der Waals surface area (Å²) in [6.07, 6.45) is 5.14. The lowest BCUT2D eigenvalue weighted by atomic mass is 9.72. The second-order valence-electron chi connectivity index (χ2n) is 10.2. The number of nitrogens with zero attached hydrogens (tertiary/aromatic N) is 4. The zero-order chi connectivity index (χ0) is 24.8. The number of nitrogens with one attached hydrogen (secondary N) is 1. The Morgan fingerprint density at radius 2 is 1.83 bits per heavy atom. The van der Waals surface area contributed by atoms with Crippen LogP contribution in [0.2, 0.25) is 0 Å². The molecular weight excluding hydrogens is 486 g/mol. The van der Waals surface area contributed by atoms with Crippen LogP contribution in [0, 0.1) is 0 Å². The first-order chi connectivity index (χ1) is 16.6. The summed E-state index contributed by atoms with van der Waals surface area (Å²) in [7, 11) is -2.80. The van der Waals surface area contributed by atoms with E-state index in [1.807, 2.05) is 18.2 Å². The highest BCUT2D eigenvalue weighted by atomic mass is 32.2. The Morgan fingerprint density at radius 3 is 2.43 bits per heavy atom. The van der Waals surface area contributed by atoms with E-state index in [1.54, 1.807) is 7.05 Å². The molecule has 3 heterocycles. The van der Waals surface area contributed by atoms with E-state index >= 15 is 0 Å². The third-order valence-corrected chi connectivity index (χ3v) is 10.4. The summed E-state index contributed by atoms with van der Waals surface area (Å²) in [4.78, 5) is 12.4. The highest BCUT2D eigenvalue weighted by Gasteiger charge is 2.44. The molecule has 5 rings (SSSR count). The van der Waals surface area contributed by atoms with Gasteiger partial charge >= 0.3 is 0 Å². The van der Waals surface area contributed by atoms with Gasteiger partial charge in [-0.15, -0.1) is 0 Å². The molecule has 2 fully saturated rings. The van der Waals surface area contributed by atoms with Crippen molar-refractivity contribution in [2.45, 2.75) is 48.0 Å². The molecule has 1 aliphatic carbocycles. The quantitative estimate of drug-likeness (QED) is 0.539. The molecule has 1 aromatic carbocycles. The number of piperidine rings is 1.